The lowest BCUT2D eigenvalue weighted by atomic mass is 10.2. The van der Waals surface area contributed by atoms with Crippen molar-refractivity contribution in [2.24, 2.45) is 0 Å². The zero-order valence-corrected chi connectivity index (χ0v) is 15.0. The molecule has 1 amide bonds. The van der Waals surface area contributed by atoms with Crippen LogP contribution in [0.15, 0.2) is 12.3 Å². The van der Waals surface area contributed by atoms with Crippen LogP contribution in [0.25, 0.3) is 5.65 Å². The maximum absolute atomic E-state index is 13.4. The SMILES string of the molecule is O=C(NCCCN1CCOCC1)c1cnn2c(C(F)F)cc(C3CC3)nc12. The molecule has 2 aromatic rings. The maximum atomic E-state index is 13.4. The van der Waals surface area contributed by atoms with E-state index in [2.05, 4.69) is 20.3 Å². The molecular weight excluding hydrogens is 356 g/mol. The number of nitrogens with one attached hydrogen (secondary N) is 1. The van der Waals surface area contributed by atoms with Gasteiger partial charge in [-0.05, 0) is 31.9 Å². The highest BCUT2D eigenvalue weighted by Crippen LogP contribution is 2.40. The Morgan fingerprint density at radius 3 is 2.81 bits per heavy atom. The Balaban J connectivity index is 1.43. The summed E-state index contributed by atoms with van der Waals surface area (Å²) in [5.41, 5.74) is 0.860. The summed E-state index contributed by atoms with van der Waals surface area (Å²) in [5.74, 6) is -0.112. The summed E-state index contributed by atoms with van der Waals surface area (Å²) in [5, 5.41) is 6.83. The highest BCUT2D eigenvalue weighted by Gasteiger charge is 2.29. The van der Waals surface area contributed by atoms with E-state index >= 15 is 0 Å². The normalized spacial score (nSPS) is 18.3. The molecule has 0 radical (unpaired) electrons. The van der Waals surface area contributed by atoms with Crippen LogP contribution in [0.4, 0.5) is 8.78 Å². The first kappa shape index (κ1) is 18.2. The summed E-state index contributed by atoms with van der Waals surface area (Å²) < 4.78 is 33.2. The molecule has 4 rings (SSSR count). The van der Waals surface area contributed by atoms with E-state index in [1.54, 1.807) is 0 Å². The molecule has 1 aliphatic carbocycles. The number of halogens is 2. The molecular formula is C18H23F2N5O2. The standard InChI is InChI=1S/C18H23F2N5O2/c19-16(20)15-10-14(12-2-3-12)23-17-13(11-22-25(15)17)18(26)21-4-1-5-24-6-8-27-9-7-24/h10-12,16H,1-9H2,(H,21,26). The topological polar surface area (TPSA) is 71.8 Å². The van der Waals surface area contributed by atoms with E-state index in [1.165, 1.54) is 12.3 Å². The molecule has 146 valence electrons. The number of morpholine rings is 1. The Bertz CT molecular complexity index is 815. The number of ether oxygens (including phenoxy) is 1. The molecule has 1 saturated carbocycles. The molecule has 0 spiro atoms. The van der Waals surface area contributed by atoms with E-state index < -0.39 is 6.43 Å². The monoisotopic (exact) mass is 379 g/mol. The van der Waals surface area contributed by atoms with Crippen molar-refractivity contribution in [1.29, 1.82) is 0 Å². The number of carbonyl (C=O) groups is 1. The zero-order chi connectivity index (χ0) is 18.8. The molecule has 9 heteroatoms. The first-order valence-electron chi connectivity index (χ1n) is 9.38. The van der Waals surface area contributed by atoms with Gasteiger partial charge < -0.3 is 10.1 Å². The van der Waals surface area contributed by atoms with Crippen LogP contribution in [0.5, 0.6) is 0 Å². The number of rotatable bonds is 7. The number of hydrogen-bond acceptors (Lipinski definition) is 5. The van der Waals surface area contributed by atoms with Crippen LogP contribution in [-0.2, 0) is 4.74 Å². The summed E-state index contributed by atoms with van der Waals surface area (Å²) in [6, 6.07) is 1.41. The fourth-order valence-corrected chi connectivity index (χ4v) is 3.33. The van der Waals surface area contributed by atoms with Crippen molar-refractivity contribution < 1.29 is 18.3 Å². The highest BCUT2D eigenvalue weighted by atomic mass is 19.3. The van der Waals surface area contributed by atoms with Crippen LogP contribution in [0.3, 0.4) is 0 Å². The van der Waals surface area contributed by atoms with E-state index in [-0.39, 0.29) is 28.7 Å². The first-order chi connectivity index (χ1) is 13.1. The average Bonchev–Trinajstić information content (AvgIpc) is 3.44. The van der Waals surface area contributed by atoms with Crippen molar-refractivity contribution in [2.45, 2.75) is 31.6 Å². The third-order valence-corrected chi connectivity index (χ3v) is 5.02. The second kappa shape index (κ2) is 7.85. The van der Waals surface area contributed by atoms with Crippen LogP contribution in [-0.4, -0.2) is 64.8 Å². The van der Waals surface area contributed by atoms with E-state index in [0.29, 0.717) is 12.2 Å². The van der Waals surface area contributed by atoms with E-state index in [9.17, 15) is 13.6 Å². The number of amides is 1. The van der Waals surface area contributed by atoms with E-state index in [4.69, 9.17) is 4.74 Å². The second-order valence-electron chi connectivity index (χ2n) is 7.04. The number of aromatic nitrogens is 3. The van der Waals surface area contributed by atoms with Crippen LogP contribution in [0, 0.1) is 0 Å². The van der Waals surface area contributed by atoms with Gasteiger partial charge >= 0.3 is 0 Å². The molecule has 0 atom stereocenters. The predicted octanol–water partition coefficient (Wildman–Crippen LogP) is 2.00. The number of nitrogens with zero attached hydrogens (tertiary/aromatic N) is 4. The van der Waals surface area contributed by atoms with E-state index in [0.717, 1.165) is 56.6 Å². The smallest absolute Gasteiger partial charge is 0.280 e. The van der Waals surface area contributed by atoms with Gasteiger partial charge in [0.15, 0.2) is 5.65 Å². The molecule has 1 saturated heterocycles. The van der Waals surface area contributed by atoms with Gasteiger partial charge in [-0.1, -0.05) is 0 Å². The Morgan fingerprint density at radius 2 is 2.11 bits per heavy atom. The van der Waals surface area contributed by atoms with Gasteiger partial charge in [-0.3, -0.25) is 9.69 Å². The van der Waals surface area contributed by atoms with Gasteiger partial charge in [0.1, 0.15) is 11.3 Å². The van der Waals surface area contributed by atoms with Crippen molar-refractivity contribution in [2.75, 3.05) is 39.4 Å². The fourth-order valence-electron chi connectivity index (χ4n) is 3.33. The summed E-state index contributed by atoms with van der Waals surface area (Å²) in [7, 11) is 0. The highest BCUT2D eigenvalue weighted by molar-refractivity contribution is 5.99. The van der Waals surface area contributed by atoms with Crippen molar-refractivity contribution in [3.8, 4) is 0 Å². The molecule has 0 unspecified atom stereocenters. The molecule has 0 aromatic carbocycles. The predicted molar refractivity (Wildman–Crippen MR) is 94.1 cm³/mol. The number of alkyl halides is 2. The number of fused-ring (bicyclic) bond motifs is 1. The van der Waals surface area contributed by atoms with Crippen molar-refractivity contribution in [3.63, 3.8) is 0 Å². The number of carbonyl (C=O) groups excluding carboxylic acids is 1. The summed E-state index contributed by atoms with van der Waals surface area (Å²) in [6.07, 6.45) is 1.36. The van der Waals surface area contributed by atoms with Crippen LogP contribution in [0.2, 0.25) is 0 Å². The van der Waals surface area contributed by atoms with Gasteiger partial charge in [0.2, 0.25) is 0 Å². The number of hydrogen-bond donors (Lipinski definition) is 1. The molecule has 3 heterocycles. The Hall–Kier alpha value is -2.13. The van der Waals surface area contributed by atoms with Crippen LogP contribution in [0.1, 0.15) is 53.4 Å². The third-order valence-electron chi connectivity index (χ3n) is 5.02. The van der Waals surface area contributed by atoms with Gasteiger partial charge in [-0.15, -0.1) is 0 Å². The summed E-state index contributed by atoms with van der Waals surface area (Å²) in [4.78, 5) is 19.3. The Labute approximate surface area is 155 Å². The van der Waals surface area contributed by atoms with E-state index in [1.807, 2.05) is 0 Å². The largest absolute Gasteiger partial charge is 0.379 e. The average molecular weight is 379 g/mol. The molecule has 7 nitrogen and oxygen atoms in total. The molecule has 2 aliphatic rings. The third kappa shape index (κ3) is 4.08. The van der Waals surface area contributed by atoms with Crippen molar-refractivity contribution in [1.82, 2.24) is 24.8 Å². The summed E-state index contributed by atoms with van der Waals surface area (Å²) in [6.45, 7) is 4.71. The molecule has 1 N–H and O–H groups in total. The molecule has 2 fully saturated rings. The molecule has 1 aliphatic heterocycles. The second-order valence-corrected chi connectivity index (χ2v) is 7.04. The van der Waals surface area contributed by atoms with Gasteiger partial charge in [0, 0.05) is 31.2 Å². The minimum Gasteiger partial charge on any atom is -0.379 e. The Kier molecular flexibility index (Phi) is 5.31. The minimum absolute atomic E-state index is 0.209. The lowest BCUT2D eigenvalue weighted by Gasteiger charge is -2.26. The molecule has 2 aromatic heterocycles. The van der Waals surface area contributed by atoms with Gasteiger partial charge in [0.25, 0.3) is 12.3 Å². The van der Waals surface area contributed by atoms with Gasteiger partial charge in [-0.25, -0.2) is 18.3 Å². The van der Waals surface area contributed by atoms with Crippen molar-refractivity contribution >= 4 is 11.6 Å². The Morgan fingerprint density at radius 1 is 1.33 bits per heavy atom. The van der Waals surface area contributed by atoms with Crippen LogP contribution < -0.4 is 5.32 Å². The zero-order valence-electron chi connectivity index (χ0n) is 15.0. The quantitative estimate of drug-likeness (QED) is 0.745. The van der Waals surface area contributed by atoms with Gasteiger partial charge in [0.05, 0.1) is 19.4 Å². The molecule has 27 heavy (non-hydrogen) atoms. The lowest BCUT2D eigenvalue weighted by molar-refractivity contribution is 0.0374. The molecule has 0 bridgehead atoms. The first-order valence-corrected chi connectivity index (χ1v) is 9.38. The fraction of sp³-hybridized carbons (Fsp3) is 0.611. The lowest BCUT2D eigenvalue weighted by Crippen LogP contribution is -2.38. The van der Waals surface area contributed by atoms with Crippen molar-refractivity contribution in [3.05, 3.63) is 29.2 Å². The maximum Gasteiger partial charge on any atom is 0.280 e. The summed E-state index contributed by atoms with van der Waals surface area (Å²) >= 11 is 0. The van der Waals surface area contributed by atoms with Gasteiger partial charge in [-0.2, -0.15) is 5.10 Å². The minimum atomic E-state index is -2.67. The van der Waals surface area contributed by atoms with Crippen LogP contribution >= 0.6 is 0 Å².